The first kappa shape index (κ1) is 18.5. The zero-order valence-electron chi connectivity index (χ0n) is 16.6. The number of hydrogen-bond acceptors (Lipinski definition) is 8. The molecule has 5 rings (SSSR count). The van der Waals surface area contributed by atoms with E-state index in [-0.39, 0.29) is 5.97 Å². The Kier molecular flexibility index (Phi) is 4.69. The normalized spacial score (nSPS) is 17.8. The van der Waals surface area contributed by atoms with Crippen LogP contribution < -0.4 is 4.90 Å². The Labute approximate surface area is 172 Å². The molecule has 1 aliphatic carbocycles. The SMILES string of the molecule is CCOC(=O)c1sc2ncnc(N3CCC(c4nc(C5CC5)n[nH]4)CC3)c2c1C. The van der Waals surface area contributed by atoms with Crippen molar-refractivity contribution in [3.05, 3.63) is 28.4 Å². The maximum Gasteiger partial charge on any atom is 0.348 e. The number of carbonyl (C=O) groups is 1. The summed E-state index contributed by atoms with van der Waals surface area (Å²) >= 11 is 1.38. The topological polar surface area (TPSA) is 96.9 Å². The average molecular weight is 413 g/mol. The van der Waals surface area contributed by atoms with Gasteiger partial charge in [-0.05, 0) is 45.1 Å². The lowest BCUT2D eigenvalue weighted by molar-refractivity contribution is 0.0531. The van der Waals surface area contributed by atoms with Crippen molar-refractivity contribution in [3.8, 4) is 0 Å². The third-order valence-electron chi connectivity index (χ3n) is 5.81. The van der Waals surface area contributed by atoms with Gasteiger partial charge in [-0.15, -0.1) is 11.3 Å². The van der Waals surface area contributed by atoms with Crippen LogP contribution in [0.15, 0.2) is 6.33 Å². The Bertz CT molecular complexity index is 1050. The molecule has 1 saturated heterocycles. The monoisotopic (exact) mass is 412 g/mol. The van der Waals surface area contributed by atoms with Crippen LogP contribution in [0.4, 0.5) is 5.82 Å². The lowest BCUT2D eigenvalue weighted by Gasteiger charge is -2.32. The van der Waals surface area contributed by atoms with E-state index < -0.39 is 0 Å². The Morgan fingerprint density at radius 2 is 2.03 bits per heavy atom. The first-order valence-corrected chi connectivity index (χ1v) is 11.1. The standard InChI is InChI=1S/C20H24N6O2S/c1-3-28-20(27)15-11(2)14-18(21-10-22-19(14)29-15)26-8-6-13(7-9-26)17-23-16(24-25-17)12-4-5-12/h10,12-13H,3-9H2,1-2H3,(H,23,24,25). The van der Waals surface area contributed by atoms with Crippen LogP contribution in [0.2, 0.25) is 0 Å². The van der Waals surface area contributed by atoms with E-state index in [0.29, 0.717) is 23.3 Å². The molecule has 152 valence electrons. The summed E-state index contributed by atoms with van der Waals surface area (Å²) in [7, 11) is 0. The molecule has 1 saturated carbocycles. The summed E-state index contributed by atoms with van der Waals surface area (Å²) in [6.45, 7) is 5.92. The number of fused-ring (bicyclic) bond motifs is 1. The summed E-state index contributed by atoms with van der Waals surface area (Å²) in [6.07, 6.45) is 6.02. The number of esters is 1. The molecule has 29 heavy (non-hydrogen) atoms. The van der Waals surface area contributed by atoms with E-state index in [1.165, 1.54) is 24.2 Å². The number of ether oxygens (including phenoxy) is 1. The number of piperidine rings is 1. The zero-order chi connectivity index (χ0) is 20.0. The van der Waals surface area contributed by atoms with Gasteiger partial charge in [0.2, 0.25) is 0 Å². The second-order valence-electron chi connectivity index (χ2n) is 7.77. The Morgan fingerprint density at radius 3 is 2.76 bits per heavy atom. The first-order valence-electron chi connectivity index (χ1n) is 10.2. The number of aromatic amines is 1. The van der Waals surface area contributed by atoms with Crippen LogP contribution in [0.1, 0.15) is 71.3 Å². The van der Waals surface area contributed by atoms with Crippen molar-refractivity contribution in [1.82, 2.24) is 25.1 Å². The van der Waals surface area contributed by atoms with E-state index >= 15 is 0 Å². The highest BCUT2D eigenvalue weighted by Gasteiger charge is 2.31. The van der Waals surface area contributed by atoms with Crippen LogP contribution in [0, 0.1) is 6.92 Å². The molecule has 0 atom stereocenters. The molecule has 0 bridgehead atoms. The number of carbonyl (C=O) groups excluding carboxylic acids is 1. The van der Waals surface area contributed by atoms with Crippen molar-refractivity contribution < 1.29 is 9.53 Å². The van der Waals surface area contributed by atoms with Gasteiger partial charge in [0.15, 0.2) is 5.82 Å². The molecule has 8 nitrogen and oxygen atoms in total. The number of H-pyrrole nitrogens is 1. The quantitative estimate of drug-likeness (QED) is 0.640. The van der Waals surface area contributed by atoms with Gasteiger partial charge in [0.1, 0.15) is 27.7 Å². The molecule has 0 amide bonds. The van der Waals surface area contributed by atoms with Gasteiger partial charge in [0, 0.05) is 24.9 Å². The fourth-order valence-corrected chi connectivity index (χ4v) is 5.08. The van der Waals surface area contributed by atoms with Crippen LogP contribution in [0.3, 0.4) is 0 Å². The lowest BCUT2D eigenvalue weighted by atomic mass is 9.96. The van der Waals surface area contributed by atoms with Crippen LogP contribution >= 0.6 is 11.3 Å². The largest absolute Gasteiger partial charge is 0.462 e. The summed E-state index contributed by atoms with van der Waals surface area (Å²) in [6, 6.07) is 0. The van der Waals surface area contributed by atoms with Gasteiger partial charge in [0.25, 0.3) is 0 Å². The summed E-state index contributed by atoms with van der Waals surface area (Å²) < 4.78 is 5.20. The van der Waals surface area contributed by atoms with Crippen molar-refractivity contribution in [2.45, 2.75) is 51.4 Å². The van der Waals surface area contributed by atoms with Crippen LogP contribution in [-0.4, -0.2) is 50.8 Å². The molecule has 0 aromatic carbocycles. The molecule has 1 aliphatic heterocycles. The van der Waals surface area contributed by atoms with Crippen LogP contribution in [0.5, 0.6) is 0 Å². The maximum atomic E-state index is 12.3. The van der Waals surface area contributed by atoms with E-state index in [1.54, 1.807) is 6.33 Å². The second kappa shape index (κ2) is 7.37. The van der Waals surface area contributed by atoms with Gasteiger partial charge in [-0.1, -0.05) is 0 Å². The molecule has 2 fully saturated rings. The fraction of sp³-hybridized carbons (Fsp3) is 0.550. The molecule has 4 heterocycles. The number of nitrogens with one attached hydrogen (secondary N) is 1. The molecule has 3 aromatic heterocycles. The van der Waals surface area contributed by atoms with E-state index in [1.807, 2.05) is 13.8 Å². The summed E-state index contributed by atoms with van der Waals surface area (Å²) in [4.78, 5) is 29.8. The van der Waals surface area contributed by atoms with E-state index in [9.17, 15) is 4.79 Å². The number of hydrogen-bond donors (Lipinski definition) is 1. The summed E-state index contributed by atoms with van der Waals surface area (Å²) in [5.74, 6) is 3.62. The van der Waals surface area contributed by atoms with Gasteiger partial charge in [0.05, 0.1) is 12.0 Å². The Hall–Kier alpha value is -2.55. The molecule has 0 unspecified atom stereocenters. The highest BCUT2D eigenvalue weighted by Crippen LogP contribution is 2.40. The lowest BCUT2D eigenvalue weighted by Crippen LogP contribution is -2.34. The molecule has 2 aliphatic rings. The predicted octanol–water partition coefficient (Wildman–Crippen LogP) is 3.56. The molecule has 0 radical (unpaired) electrons. The second-order valence-corrected chi connectivity index (χ2v) is 8.77. The number of aromatic nitrogens is 5. The van der Waals surface area contributed by atoms with E-state index in [2.05, 4.69) is 25.1 Å². The van der Waals surface area contributed by atoms with Crippen LogP contribution in [-0.2, 0) is 4.74 Å². The van der Waals surface area contributed by atoms with Crippen molar-refractivity contribution in [1.29, 1.82) is 0 Å². The van der Waals surface area contributed by atoms with E-state index in [4.69, 9.17) is 9.72 Å². The highest BCUT2D eigenvalue weighted by molar-refractivity contribution is 7.20. The van der Waals surface area contributed by atoms with Gasteiger partial charge in [-0.2, -0.15) is 5.10 Å². The first-order chi connectivity index (χ1) is 14.2. The molecular formula is C20H24N6O2S. The van der Waals surface area contributed by atoms with Crippen molar-refractivity contribution in [2.75, 3.05) is 24.6 Å². The highest BCUT2D eigenvalue weighted by atomic mass is 32.1. The average Bonchev–Trinajstić information content (AvgIpc) is 3.37. The molecular weight excluding hydrogens is 388 g/mol. The molecule has 3 aromatic rings. The van der Waals surface area contributed by atoms with E-state index in [0.717, 1.165) is 59.2 Å². The number of rotatable bonds is 5. The summed E-state index contributed by atoms with van der Waals surface area (Å²) in [5, 5.41) is 8.53. The smallest absolute Gasteiger partial charge is 0.348 e. The zero-order valence-corrected chi connectivity index (χ0v) is 17.5. The number of aryl methyl sites for hydroxylation is 1. The number of anilines is 1. The van der Waals surface area contributed by atoms with Gasteiger partial charge in [-0.25, -0.2) is 19.7 Å². The molecule has 9 heteroatoms. The van der Waals surface area contributed by atoms with Gasteiger partial charge < -0.3 is 9.64 Å². The third kappa shape index (κ3) is 3.37. The summed E-state index contributed by atoms with van der Waals surface area (Å²) in [5.41, 5.74) is 0.908. The van der Waals surface area contributed by atoms with Gasteiger partial charge >= 0.3 is 5.97 Å². The fourth-order valence-electron chi connectivity index (χ4n) is 4.04. The maximum absolute atomic E-state index is 12.3. The number of thiophene rings is 1. The van der Waals surface area contributed by atoms with Crippen molar-refractivity contribution >= 4 is 33.3 Å². The third-order valence-corrected chi connectivity index (χ3v) is 6.99. The minimum atomic E-state index is -0.283. The van der Waals surface area contributed by atoms with Crippen molar-refractivity contribution in [3.63, 3.8) is 0 Å². The predicted molar refractivity (Wildman–Crippen MR) is 111 cm³/mol. The van der Waals surface area contributed by atoms with Crippen LogP contribution in [0.25, 0.3) is 10.2 Å². The minimum Gasteiger partial charge on any atom is -0.462 e. The molecule has 0 spiro atoms. The number of nitrogens with zero attached hydrogens (tertiary/aromatic N) is 5. The Morgan fingerprint density at radius 1 is 1.24 bits per heavy atom. The Balaban J connectivity index is 1.36. The minimum absolute atomic E-state index is 0.283. The van der Waals surface area contributed by atoms with Gasteiger partial charge in [-0.3, -0.25) is 5.10 Å². The molecule has 1 N–H and O–H groups in total. The van der Waals surface area contributed by atoms with Crippen molar-refractivity contribution in [2.24, 2.45) is 0 Å².